The first kappa shape index (κ1) is 26.1. The van der Waals surface area contributed by atoms with Crippen LogP contribution in [0.1, 0.15) is 22.8 Å². The van der Waals surface area contributed by atoms with Crippen LogP contribution in [0.5, 0.6) is 5.75 Å². The normalized spacial score (nSPS) is 15.3. The van der Waals surface area contributed by atoms with Crippen LogP contribution in [0.3, 0.4) is 0 Å². The number of rotatable bonds is 7. The van der Waals surface area contributed by atoms with Crippen molar-refractivity contribution in [3.05, 3.63) is 107 Å². The van der Waals surface area contributed by atoms with Crippen LogP contribution >= 0.6 is 0 Å². The van der Waals surface area contributed by atoms with E-state index in [0.717, 1.165) is 48.0 Å². The first-order chi connectivity index (χ1) is 19.9. The number of carboxylic acids is 1. The molecular formula is C31H30N6O4. The largest absolute Gasteiger partial charge is 0.497 e. The highest BCUT2D eigenvalue weighted by Crippen LogP contribution is 2.29. The number of fused-ring (bicyclic) bond motifs is 1. The molecule has 10 nitrogen and oxygen atoms in total. The number of hydrogen-bond donors (Lipinski definition) is 1. The van der Waals surface area contributed by atoms with Crippen molar-refractivity contribution in [1.29, 1.82) is 0 Å². The third-order valence-corrected chi connectivity index (χ3v) is 7.62. The van der Waals surface area contributed by atoms with Gasteiger partial charge in [0.2, 0.25) is 5.43 Å². The molecule has 0 radical (unpaired) electrons. The van der Waals surface area contributed by atoms with E-state index in [4.69, 9.17) is 4.74 Å². The molecule has 1 unspecified atom stereocenters. The number of aromatic nitrogens is 4. The van der Waals surface area contributed by atoms with Gasteiger partial charge in [-0.15, -0.1) is 0 Å². The maximum absolute atomic E-state index is 13.1. The molecule has 0 amide bonds. The highest BCUT2D eigenvalue weighted by Gasteiger charge is 2.25. The van der Waals surface area contributed by atoms with Crippen molar-refractivity contribution in [2.75, 3.05) is 36.5 Å². The van der Waals surface area contributed by atoms with E-state index in [-0.39, 0.29) is 11.6 Å². The topological polar surface area (TPSA) is 106 Å². The Morgan fingerprint density at radius 1 is 1.02 bits per heavy atom. The molecule has 1 N–H and O–H groups in total. The van der Waals surface area contributed by atoms with Crippen molar-refractivity contribution in [2.45, 2.75) is 19.5 Å². The highest BCUT2D eigenvalue weighted by atomic mass is 16.5. The summed E-state index contributed by atoms with van der Waals surface area (Å²) in [6.07, 6.45) is 4.57. The predicted octanol–water partition coefficient (Wildman–Crippen LogP) is 4.05. The van der Waals surface area contributed by atoms with Gasteiger partial charge in [-0.3, -0.25) is 4.79 Å². The van der Waals surface area contributed by atoms with Gasteiger partial charge in [0.1, 0.15) is 24.0 Å². The molecule has 2 aromatic heterocycles. The SMILES string of the molecule is COc1cccc(N2CCN(c3ccc4c(=O)c(C(=O)O)cn(-c5ccc(Cn6cncn6)cc5)c4c3)CC2C)c1. The lowest BCUT2D eigenvalue weighted by Gasteiger charge is -2.42. The van der Waals surface area contributed by atoms with Gasteiger partial charge in [0.05, 0.1) is 19.2 Å². The third kappa shape index (κ3) is 5.11. The van der Waals surface area contributed by atoms with Crippen LogP contribution in [0.25, 0.3) is 16.6 Å². The molecule has 5 aromatic rings. The number of piperazine rings is 1. The van der Waals surface area contributed by atoms with Crippen LogP contribution in [0.4, 0.5) is 11.4 Å². The molecule has 0 saturated carbocycles. The molecule has 1 fully saturated rings. The number of anilines is 2. The summed E-state index contributed by atoms with van der Waals surface area (Å²) < 4.78 is 8.93. The number of carboxylic acid groups (broad SMARTS) is 1. The van der Waals surface area contributed by atoms with E-state index in [9.17, 15) is 14.7 Å². The Kier molecular flexibility index (Phi) is 6.88. The number of carbonyl (C=O) groups is 1. The number of pyridine rings is 1. The van der Waals surface area contributed by atoms with Gasteiger partial charge < -0.3 is 24.2 Å². The van der Waals surface area contributed by atoms with E-state index in [2.05, 4.69) is 38.9 Å². The molecule has 1 aliphatic rings. The second kappa shape index (κ2) is 10.8. The van der Waals surface area contributed by atoms with Gasteiger partial charge in [-0.1, -0.05) is 18.2 Å². The molecule has 0 spiro atoms. The third-order valence-electron chi connectivity index (χ3n) is 7.62. The lowest BCUT2D eigenvalue weighted by atomic mass is 10.1. The standard InChI is InChI=1S/C31H30N6O4/c1-21-16-34(12-13-36(21)25-4-3-5-26(14-25)41-2)24-10-11-27-29(15-24)37(18-28(30(27)38)31(39)40)23-8-6-22(7-9-23)17-35-20-32-19-33-35/h3-11,14-15,18-21H,12-13,16-17H2,1-2H3,(H,39,40). The number of benzene rings is 3. The highest BCUT2D eigenvalue weighted by molar-refractivity contribution is 5.94. The van der Waals surface area contributed by atoms with Gasteiger partial charge >= 0.3 is 5.97 Å². The van der Waals surface area contributed by atoms with Crippen LogP contribution in [0, 0.1) is 0 Å². The summed E-state index contributed by atoms with van der Waals surface area (Å²) in [4.78, 5) is 33.8. The minimum absolute atomic E-state index is 0.237. The van der Waals surface area contributed by atoms with Crippen molar-refractivity contribution in [3.63, 3.8) is 0 Å². The maximum Gasteiger partial charge on any atom is 0.341 e. The van der Waals surface area contributed by atoms with Gasteiger partial charge in [-0.25, -0.2) is 14.5 Å². The van der Waals surface area contributed by atoms with Crippen LogP contribution in [-0.4, -0.2) is 63.2 Å². The molecule has 10 heteroatoms. The summed E-state index contributed by atoms with van der Waals surface area (Å²) in [7, 11) is 1.67. The Balaban J connectivity index is 1.34. The van der Waals surface area contributed by atoms with Crippen molar-refractivity contribution in [1.82, 2.24) is 19.3 Å². The second-order valence-electron chi connectivity index (χ2n) is 10.2. The smallest absolute Gasteiger partial charge is 0.341 e. The number of hydrogen-bond acceptors (Lipinski definition) is 7. The lowest BCUT2D eigenvalue weighted by Crippen LogP contribution is -2.52. The first-order valence-corrected chi connectivity index (χ1v) is 13.4. The van der Waals surface area contributed by atoms with Crippen molar-refractivity contribution < 1.29 is 14.6 Å². The molecule has 208 valence electrons. The fraction of sp³-hybridized carbons (Fsp3) is 0.226. The molecule has 41 heavy (non-hydrogen) atoms. The molecule has 1 saturated heterocycles. The van der Waals surface area contributed by atoms with Crippen molar-refractivity contribution in [3.8, 4) is 11.4 Å². The quantitative estimate of drug-likeness (QED) is 0.324. The summed E-state index contributed by atoms with van der Waals surface area (Å²) in [6.45, 7) is 5.17. The lowest BCUT2D eigenvalue weighted by molar-refractivity contribution is 0.0695. The van der Waals surface area contributed by atoms with Gasteiger partial charge in [0.15, 0.2) is 0 Å². The summed E-state index contributed by atoms with van der Waals surface area (Å²) >= 11 is 0. The molecule has 6 rings (SSSR count). The minimum Gasteiger partial charge on any atom is -0.497 e. The van der Waals surface area contributed by atoms with Gasteiger partial charge in [0, 0.05) is 60.4 Å². The predicted molar refractivity (Wildman–Crippen MR) is 158 cm³/mol. The van der Waals surface area contributed by atoms with E-state index in [0.29, 0.717) is 17.4 Å². The summed E-state index contributed by atoms with van der Waals surface area (Å²) in [5.74, 6) is -0.420. The Bertz CT molecular complexity index is 1760. The number of aromatic carboxylic acids is 1. The average Bonchev–Trinajstić information content (AvgIpc) is 3.50. The van der Waals surface area contributed by atoms with Crippen molar-refractivity contribution in [2.24, 2.45) is 0 Å². The van der Waals surface area contributed by atoms with E-state index >= 15 is 0 Å². The zero-order valence-electron chi connectivity index (χ0n) is 22.8. The Labute approximate surface area is 236 Å². The van der Waals surface area contributed by atoms with Gasteiger partial charge in [-0.2, -0.15) is 5.10 Å². The number of nitrogens with zero attached hydrogens (tertiary/aromatic N) is 6. The fourth-order valence-corrected chi connectivity index (χ4v) is 5.50. The molecule has 3 heterocycles. The van der Waals surface area contributed by atoms with Crippen LogP contribution in [0.2, 0.25) is 0 Å². The Hall–Kier alpha value is -5.12. The van der Waals surface area contributed by atoms with Gasteiger partial charge in [0.25, 0.3) is 0 Å². The van der Waals surface area contributed by atoms with Crippen LogP contribution < -0.4 is 20.0 Å². The van der Waals surface area contributed by atoms with Crippen LogP contribution in [-0.2, 0) is 6.54 Å². The second-order valence-corrected chi connectivity index (χ2v) is 10.2. The molecule has 1 aliphatic heterocycles. The van der Waals surface area contributed by atoms with Gasteiger partial charge in [-0.05, 0) is 55.0 Å². The number of methoxy groups -OCH3 is 1. The fourth-order valence-electron chi connectivity index (χ4n) is 5.50. The molecular weight excluding hydrogens is 520 g/mol. The Morgan fingerprint density at radius 3 is 2.54 bits per heavy atom. The van der Waals surface area contributed by atoms with E-state index < -0.39 is 11.4 Å². The summed E-state index contributed by atoms with van der Waals surface area (Å²) in [6, 6.07) is 21.7. The molecule has 1 atom stereocenters. The first-order valence-electron chi connectivity index (χ1n) is 13.4. The number of ether oxygens (including phenoxy) is 1. The minimum atomic E-state index is -1.25. The Morgan fingerprint density at radius 2 is 1.83 bits per heavy atom. The molecule has 3 aromatic carbocycles. The maximum atomic E-state index is 13.1. The van der Waals surface area contributed by atoms with Crippen LogP contribution in [0.15, 0.2) is 90.4 Å². The van der Waals surface area contributed by atoms with E-state index in [1.54, 1.807) is 28.8 Å². The van der Waals surface area contributed by atoms with E-state index in [1.165, 1.54) is 12.5 Å². The summed E-state index contributed by atoms with van der Waals surface area (Å²) in [5.41, 5.74) is 3.78. The molecule has 0 aliphatic carbocycles. The zero-order chi connectivity index (χ0) is 28.5. The summed E-state index contributed by atoms with van der Waals surface area (Å²) in [5, 5.41) is 14.3. The van der Waals surface area contributed by atoms with E-state index in [1.807, 2.05) is 48.5 Å². The van der Waals surface area contributed by atoms with Crippen molar-refractivity contribution >= 4 is 28.2 Å². The average molecular weight is 551 g/mol. The molecule has 0 bridgehead atoms. The zero-order valence-corrected chi connectivity index (χ0v) is 22.8. The monoisotopic (exact) mass is 550 g/mol.